The van der Waals surface area contributed by atoms with E-state index in [1.807, 2.05) is 0 Å². The van der Waals surface area contributed by atoms with Crippen molar-refractivity contribution in [1.29, 1.82) is 0 Å². The van der Waals surface area contributed by atoms with Gasteiger partial charge in [0.1, 0.15) is 4.21 Å². The van der Waals surface area contributed by atoms with Gasteiger partial charge < -0.3 is 10.4 Å². The molecule has 1 aliphatic heterocycles. The van der Waals surface area contributed by atoms with Crippen LogP contribution in [-0.4, -0.2) is 50.0 Å². The lowest BCUT2D eigenvalue weighted by atomic mass is 9.99. The zero-order chi connectivity index (χ0) is 15.3. The highest BCUT2D eigenvalue weighted by atomic mass is 32.2. The first kappa shape index (κ1) is 16.4. The van der Waals surface area contributed by atoms with Crippen LogP contribution in [0.4, 0.5) is 0 Å². The molecule has 0 spiro atoms. The van der Waals surface area contributed by atoms with Crippen molar-refractivity contribution in [2.24, 2.45) is 5.92 Å². The van der Waals surface area contributed by atoms with Crippen LogP contribution in [0.15, 0.2) is 21.7 Å². The Morgan fingerprint density at radius 3 is 3.00 bits per heavy atom. The second-order valence-electron chi connectivity index (χ2n) is 5.00. The van der Waals surface area contributed by atoms with Gasteiger partial charge in [-0.15, -0.1) is 11.3 Å². The molecule has 1 saturated heterocycles. The summed E-state index contributed by atoms with van der Waals surface area (Å²) in [5, 5.41) is 13.2. The van der Waals surface area contributed by atoms with E-state index in [4.69, 9.17) is 5.11 Å². The quantitative estimate of drug-likeness (QED) is 0.749. The number of rotatable bonds is 6. The fraction of sp³-hybridized carbons (Fsp3) is 0.615. The molecule has 0 aromatic carbocycles. The fourth-order valence-electron chi connectivity index (χ4n) is 2.35. The molecular weight excluding hydrogens is 312 g/mol. The number of aliphatic hydroxyl groups is 1. The minimum atomic E-state index is -3.48. The number of thiophene rings is 1. The molecule has 21 heavy (non-hydrogen) atoms. The van der Waals surface area contributed by atoms with E-state index in [2.05, 4.69) is 5.32 Å². The van der Waals surface area contributed by atoms with Crippen molar-refractivity contribution in [1.82, 2.24) is 9.62 Å². The van der Waals surface area contributed by atoms with Crippen molar-refractivity contribution in [3.8, 4) is 0 Å². The molecule has 2 N–H and O–H groups in total. The Bertz CT molecular complexity index is 557. The van der Waals surface area contributed by atoms with Crippen LogP contribution in [0.25, 0.3) is 0 Å². The van der Waals surface area contributed by atoms with Gasteiger partial charge in [-0.2, -0.15) is 4.31 Å². The Morgan fingerprint density at radius 1 is 1.52 bits per heavy atom. The van der Waals surface area contributed by atoms with Crippen LogP contribution < -0.4 is 5.32 Å². The number of aliphatic hydroxyl groups excluding tert-OH is 1. The normalized spacial score (nSPS) is 20.3. The lowest BCUT2D eigenvalue weighted by molar-refractivity contribution is -0.126. The number of hydrogen-bond acceptors (Lipinski definition) is 5. The molecule has 1 unspecified atom stereocenters. The van der Waals surface area contributed by atoms with Gasteiger partial charge in [-0.3, -0.25) is 4.79 Å². The first-order valence-corrected chi connectivity index (χ1v) is 9.30. The van der Waals surface area contributed by atoms with E-state index in [1.165, 1.54) is 15.6 Å². The van der Waals surface area contributed by atoms with E-state index in [0.29, 0.717) is 36.6 Å². The van der Waals surface area contributed by atoms with E-state index >= 15 is 0 Å². The van der Waals surface area contributed by atoms with Crippen LogP contribution in [0.1, 0.15) is 19.3 Å². The molecule has 1 aromatic heterocycles. The van der Waals surface area contributed by atoms with E-state index in [-0.39, 0.29) is 25.0 Å². The highest BCUT2D eigenvalue weighted by molar-refractivity contribution is 7.91. The zero-order valence-corrected chi connectivity index (χ0v) is 13.3. The fourth-order valence-corrected chi connectivity index (χ4v) is 5.02. The molecule has 1 fully saturated rings. The number of carbonyl (C=O) groups is 1. The second kappa shape index (κ2) is 7.35. The van der Waals surface area contributed by atoms with Crippen molar-refractivity contribution in [3.05, 3.63) is 17.5 Å². The van der Waals surface area contributed by atoms with Crippen LogP contribution in [-0.2, 0) is 14.8 Å². The summed E-state index contributed by atoms with van der Waals surface area (Å²) in [6.45, 7) is 1.14. The Hall–Kier alpha value is -0.960. The third-order valence-electron chi connectivity index (χ3n) is 3.48. The topological polar surface area (TPSA) is 86.7 Å². The van der Waals surface area contributed by atoms with Gasteiger partial charge in [0.25, 0.3) is 10.0 Å². The summed E-state index contributed by atoms with van der Waals surface area (Å²) in [5.41, 5.74) is 0. The van der Waals surface area contributed by atoms with Crippen LogP contribution in [0.2, 0.25) is 0 Å². The third kappa shape index (κ3) is 4.03. The monoisotopic (exact) mass is 332 g/mol. The minimum Gasteiger partial charge on any atom is -0.396 e. The molecule has 8 heteroatoms. The Balaban J connectivity index is 1.99. The Morgan fingerprint density at radius 2 is 2.33 bits per heavy atom. The predicted octanol–water partition coefficient (Wildman–Crippen LogP) is 0.647. The van der Waals surface area contributed by atoms with Crippen molar-refractivity contribution in [3.63, 3.8) is 0 Å². The van der Waals surface area contributed by atoms with Crippen molar-refractivity contribution < 1.29 is 18.3 Å². The van der Waals surface area contributed by atoms with Crippen molar-refractivity contribution in [2.45, 2.75) is 23.5 Å². The standard InChI is InChI=1S/C13H20N2O4S2/c16-8-3-6-14-13(17)11-4-1-7-15(10-11)21(18,19)12-5-2-9-20-12/h2,5,9,11,16H,1,3-4,6-8,10H2,(H,14,17). The first-order valence-electron chi connectivity index (χ1n) is 6.98. The maximum Gasteiger partial charge on any atom is 0.252 e. The smallest absolute Gasteiger partial charge is 0.252 e. The summed E-state index contributed by atoms with van der Waals surface area (Å²) in [6.07, 6.45) is 1.89. The predicted molar refractivity (Wildman–Crippen MR) is 80.5 cm³/mol. The summed E-state index contributed by atoms with van der Waals surface area (Å²) in [5.74, 6) is -0.443. The molecule has 1 aromatic rings. The molecule has 1 atom stereocenters. The van der Waals surface area contributed by atoms with Crippen molar-refractivity contribution in [2.75, 3.05) is 26.2 Å². The Kier molecular flexibility index (Phi) is 5.74. The number of sulfonamides is 1. The van der Waals surface area contributed by atoms with E-state index in [0.717, 1.165) is 0 Å². The van der Waals surface area contributed by atoms with Gasteiger partial charge in [-0.25, -0.2) is 8.42 Å². The summed E-state index contributed by atoms with van der Waals surface area (Å²) < 4.78 is 26.6. The third-order valence-corrected chi connectivity index (χ3v) is 6.72. The highest BCUT2D eigenvalue weighted by Gasteiger charge is 2.33. The number of nitrogens with zero attached hydrogens (tertiary/aromatic N) is 1. The van der Waals surface area contributed by atoms with Gasteiger partial charge in [0.2, 0.25) is 5.91 Å². The average Bonchev–Trinajstić information content (AvgIpc) is 3.02. The van der Waals surface area contributed by atoms with Crippen LogP contribution in [0.3, 0.4) is 0 Å². The number of carbonyl (C=O) groups excluding carboxylic acids is 1. The molecule has 0 bridgehead atoms. The lowest BCUT2D eigenvalue weighted by Gasteiger charge is -2.30. The number of nitrogens with one attached hydrogen (secondary N) is 1. The number of piperidine rings is 1. The largest absolute Gasteiger partial charge is 0.396 e. The number of hydrogen-bond donors (Lipinski definition) is 2. The van der Waals surface area contributed by atoms with Crippen LogP contribution in [0.5, 0.6) is 0 Å². The average molecular weight is 332 g/mol. The molecular formula is C13H20N2O4S2. The first-order chi connectivity index (χ1) is 10.1. The summed E-state index contributed by atoms with van der Waals surface area (Å²) >= 11 is 1.19. The molecule has 0 aliphatic carbocycles. The van der Waals surface area contributed by atoms with Crippen LogP contribution >= 0.6 is 11.3 Å². The molecule has 1 amide bonds. The second-order valence-corrected chi connectivity index (χ2v) is 8.11. The molecule has 6 nitrogen and oxygen atoms in total. The molecule has 1 aliphatic rings. The number of amides is 1. The lowest BCUT2D eigenvalue weighted by Crippen LogP contribution is -2.45. The molecule has 2 rings (SSSR count). The maximum atomic E-state index is 12.4. The highest BCUT2D eigenvalue weighted by Crippen LogP contribution is 2.26. The summed E-state index contributed by atoms with van der Waals surface area (Å²) in [6, 6.07) is 3.30. The molecule has 118 valence electrons. The molecule has 0 saturated carbocycles. The molecule has 0 radical (unpaired) electrons. The van der Waals surface area contributed by atoms with Gasteiger partial charge in [0.15, 0.2) is 0 Å². The summed E-state index contributed by atoms with van der Waals surface area (Å²) in [4.78, 5) is 12.0. The van der Waals surface area contributed by atoms with Gasteiger partial charge in [0, 0.05) is 26.2 Å². The zero-order valence-electron chi connectivity index (χ0n) is 11.7. The van der Waals surface area contributed by atoms with Gasteiger partial charge in [0.05, 0.1) is 5.92 Å². The SMILES string of the molecule is O=C(NCCCO)C1CCCN(S(=O)(=O)c2cccs2)C1. The van der Waals surface area contributed by atoms with Gasteiger partial charge >= 0.3 is 0 Å². The Labute approximate surface area is 128 Å². The van der Waals surface area contributed by atoms with E-state index in [9.17, 15) is 13.2 Å². The van der Waals surface area contributed by atoms with Gasteiger partial charge in [-0.1, -0.05) is 6.07 Å². The minimum absolute atomic E-state index is 0.0316. The van der Waals surface area contributed by atoms with E-state index in [1.54, 1.807) is 17.5 Å². The van der Waals surface area contributed by atoms with Crippen molar-refractivity contribution >= 4 is 27.3 Å². The maximum absolute atomic E-state index is 12.4. The van der Waals surface area contributed by atoms with Crippen LogP contribution in [0, 0.1) is 5.92 Å². The summed E-state index contributed by atoms with van der Waals surface area (Å²) in [7, 11) is -3.48. The molecule has 2 heterocycles. The van der Waals surface area contributed by atoms with Gasteiger partial charge in [-0.05, 0) is 30.7 Å². The van der Waals surface area contributed by atoms with E-state index < -0.39 is 10.0 Å².